The molecule has 1 N–H and O–H groups in total. The highest BCUT2D eigenvalue weighted by atomic mass is 32.2. The molecule has 1 heterocycles. The van der Waals surface area contributed by atoms with E-state index in [1.807, 2.05) is 12.3 Å². The minimum absolute atomic E-state index is 0.0862. The molecule has 0 aliphatic heterocycles. The first-order chi connectivity index (χ1) is 13.1. The smallest absolute Gasteiger partial charge is 0.293 e. The lowest BCUT2D eigenvalue weighted by molar-refractivity contribution is -0.384. The van der Waals surface area contributed by atoms with Gasteiger partial charge in [0.1, 0.15) is 5.69 Å². The number of sulfonamides is 1. The number of anilines is 1. The molecule has 0 radical (unpaired) electrons. The zero-order valence-electron chi connectivity index (χ0n) is 16.7. The van der Waals surface area contributed by atoms with E-state index in [1.165, 1.54) is 16.4 Å². The van der Waals surface area contributed by atoms with Gasteiger partial charge in [0.25, 0.3) is 5.69 Å². The molecular weight excluding hydrogens is 400 g/mol. The maximum absolute atomic E-state index is 12.7. The van der Waals surface area contributed by atoms with E-state index in [1.54, 1.807) is 25.2 Å². The lowest BCUT2D eigenvalue weighted by Crippen LogP contribution is -2.30. The lowest BCUT2D eigenvalue weighted by atomic mass is 10.2. The van der Waals surface area contributed by atoms with Gasteiger partial charge in [-0.15, -0.1) is 11.3 Å². The predicted molar refractivity (Wildman–Crippen MR) is 111 cm³/mol. The number of nitrogens with one attached hydrogen (secondary N) is 1. The maximum atomic E-state index is 12.7. The number of hydrogen-bond acceptors (Lipinski definition) is 7. The van der Waals surface area contributed by atoms with Crippen molar-refractivity contribution in [2.24, 2.45) is 0 Å². The normalized spacial score (nSPS) is 13.1. The van der Waals surface area contributed by atoms with Crippen molar-refractivity contribution >= 4 is 32.7 Å². The van der Waals surface area contributed by atoms with E-state index < -0.39 is 14.9 Å². The third-order valence-electron chi connectivity index (χ3n) is 4.36. The molecule has 1 unspecified atom stereocenters. The van der Waals surface area contributed by atoms with Crippen LogP contribution in [0.5, 0.6) is 0 Å². The summed E-state index contributed by atoms with van der Waals surface area (Å²) in [5.41, 5.74) is 0.775. The van der Waals surface area contributed by atoms with Crippen molar-refractivity contribution < 1.29 is 13.3 Å². The fraction of sp³-hybridized carbons (Fsp3) is 0.500. The van der Waals surface area contributed by atoms with Crippen molar-refractivity contribution in [1.82, 2.24) is 9.29 Å². The van der Waals surface area contributed by atoms with Gasteiger partial charge in [0.15, 0.2) is 0 Å². The first kappa shape index (κ1) is 22.3. The SMILES string of the molecule is CCN(CC)S(=O)(=O)c1ccc(NC(C)c2csc(C(C)C)n2)c([N+](=O)[O-])c1. The van der Waals surface area contributed by atoms with Crippen LogP contribution in [0.4, 0.5) is 11.4 Å². The summed E-state index contributed by atoms with van der Waals surface area (Å²) in [7, 11) is -3.77. The second-order valence-corrected chi connectivity index (χ2v) is 9.48. The monoisotopic (exact) mass is 426 g/mol. The Hall–Kier alpha value is -2.04. The zero-order valence-corrected chi connectivity index (χ0v) is 18.3. The highest BCUT2D eigenvalue weighted by molar-refractivity contribution is 7.89. The lowest BCUT2D eigenvalue weighted by Gasteiger charge is -2.19. The Labute approximate surface area is 169 Å². The quantitative estimate of drug-likeness (QED) is 0.471. The molecule has 1 aromatic heterocycles. The van der Waals surface area contributed by atoms with Crippen molar-refractivity contribution in [2.75, 3.05) is 18.4 Å². The molecule has 0 aliphatic rings. The Morgan fingerprint density at radius 3 is 2.39 bits per heavy atom. The van der Waals surface area contributed by atoms with Crippen LogP contribution in [-0.4, -0.2) is 35.7 Å². The Kier molecular flexibility index (Phi) is 7.13. The second kappa shape index (κ2) is 8.97. The summed E-state index contributed by atoms with van der Waals surface area (Å²) >= 11 is 1.55. The van der Waals surface area contributed by atoms with Gasteiger partial charge in [-0.2, -0.15) is 4.31 Å². The molecule has 0 amide bonds. The van der Waals surface area contributed by atoms with Gasteiger partial charge in [0.2, 0.25) is 10.0 Å². The molecular formula is C18H26N4O4S2. The van der Waals surface area contributed by atoms with Crippen LogP contribution in [-0.2, 0) is 10.0 Å². The van der Waals surface area contributed by atoms with E-state index in [-0.39, 0.29) is 22.3 Å². The fourth-order valence-electron chi connectivity index (χ4n) is 2.73. The molecule has 154 valence electrons. The molecule has 0 spiro atoms. The summed E-state index contributed by atoms with van der Waals surface area (Å²) < 4.78 is 26.6. The minimum Gasteiger partial charge on any atom is -0.371 e. The van der Waals surface area contributed by atoms with E-state index in [0.29, 0.717) is 19.0 Å². The molecule has 1 aromatic carbocycles. The largest absolute Gasteiger partial charge is 0.371 e. The number of nitrogens with zero attached hydrogens (tertiary/aromatic N) is 3. The third-order valence-corrected chi connectivity index (χ3v) is 7.57. The van der Waals surface area contributed by atoms with Crippen molar-refractivity contribution in [3.63, 3.8) is 0 Å². The van der Waals surface area contributed by atoms with Gasteiger partial charge in [-0.25, -0.2) is 13.4 Å². The van der Waals surface area contributed by atoms with Gasteiger partial charge in [-0.3, -0.25) is 10.1 Å². The first-order valence-corrected chi connectivity index (χ1v) is 11.4. The van der Waals surface area contributed by atoms with Gasteiger partial charge in [0.05, 0.1) is 26.6 Å². The number of hydrogen-bond donors (Lipinski definition) is 1. The van der Waals surface area contributed by atoms with E-state index >= 15 is 0 Å². The van der Waals surface area contributed by atoms with Crippen molar-refractivity contribution in [3.05, 3.63) is 44.4 Å². The average molecular weight is 427 g/mol. The summed E-state index contributed by atoms with van der Waals surface area (Å²) in [5.74, 6) is 0.310. The van der Waals surface area contributed by atoms with Crippen LogP contribution in [0.1, 0.15) is 57.3 Å². The summed E-state index contributed by atoms with van der Waals surface area (Å²) in [6.45, 7) is 10.0. The zero-order chi connectivity index (χ0) is 21.1. The van der Waals surface area contributed by atoms with Gasteiger partial charge in [-0.05, 0) is 19.1 Å². The Balaban J connectivity index is 2.36. The minimum atomic E-state index is -3.77. The van der Waals surface area contributed by atoms with E-state index in [0.717, 1.165) is 16.8 Å². The van der Waals surface area contributed by atoms with Crippen LogP contribution in [0.15, 0.2) is 28.5 Å². The van der Waals surface area contributed by atoms with E-state index in [9.17, 15) is 18.5 Å². The van der Waals surface area contributed by atoms with Crippen LogP contribution in [0.2, 0.25) is 0 Å². The molecule has 28 heavy (non-hydrogen) atoms. The van der Waals surface area contributed by atoms with Crippen LogP contribution in [0, 0.1) is 10.1 Å². The molecule has 0 aliphatic carbocycles. The fourth-order valence-corrected chi connectivity index (χ4v) is 5.14. The second-order valence-electron chi connectivity index (χ2n) is 6.66. The number of nitro benzene ring substituents is 1. The summed E-state index contributed by atoms with van der Waals surface area (Å²) in [5, 5.41) is 17.6. The van der Waals surface area contributed by atoms with Crippen LogP contribution in [0.3, 0.4) is 0 Å². The van der Waals surface area contributed by atoms with Crippen molar-refractivity contribution in [2.45, 2.75) is 51.5 Å². The first-order valence-electron chi connectivity index (χ1n) is 9.12. The molecule has 0 saturated heterocycles. The molecule has 2 aromatic rings. The number of benzene rings is 1. The van der Waals surface area contributed by atoms with Crippen LogP contribution < -0.4 is 5.32 Å². The topological polar surface area (TPSA) is 105 Å². The van der Waals surface area contributed by atoms with Crippen molar-refractivity contribution in [1.29, 1.82) is 0 Å². The predicted octanol–water partition coefficient (Wildman–Crippen LogP) is 4.38. The molecule has 10 heteroatoms. The van der Waals surface area contributed by atoms with Crippen LogP contribution >= 0.6 is 11.3 Å². The Bertz CT molecular complexity index is 937. The highest BCUT2D eigenvalue weighted by Crippen LogP contribution is 2.32. The number of nitro groups is 1. The molecule has 0 bridgehead atoms. The maximum Gasteiger partial charge on any atom is 0.293 e. The Morgan fingerprint density at radius 1 is 1.25 bits per heavy atom. The molecule has 0 fully saturated rings. The van der Waals surface area contributed by atoms with Gasteiger partial charge in [-0.1, -0.05) is 27.7 Å². The molecule has 1 atom stereocenters. The number of thiazole rings is 1. The molecule has 8 nitrogen and oxygen atoms in total. The van der Waals surface area contributed by atoms with Crippen molar-refractivity contribution in [3.8, 4) is 0 Å². The summed E-state index contributed by atoms with van der Waals surface area (Å²) in [4.78, 5) is 15.5. The summed E-state index contributed by atoms with van der Waals surface area (Å²) in [6, 6.07) is 3.70. The highest BCUT2D eigenvalue weighted by Gasteiger charge is 2.26. The average Bonchev–Trinajstić information content (AvgIpc) is 3.13. The van der Waals surface area contributed by atoms with Gasteiger partial charge >= 0.3 is 0 Å². The van der Waals surface area contributed by atoms with Gasteiger partial charge in [0, 0.05) is 30.5 Å². The third kappa shape index (κ3) is 4.68. The standard InChI is InChI=1S/C18H26N4O4S2/c1-6-21(7-2)28(25,26)14-8-9-15(17(10-14)22(23)24)19-13(5)16-11-27-18(20-16)12(3)4/h8-13,19H,6-7H2,1-5H3. The Morgan fingerprint density at radius 2 is 1.89 bits per heavy atom. The molecule has 0 saturated carbocycles. The van der Waals surface area contributed by atoms with E-state index in [4.69, 9.17) is 0 Å². The van der Waals surface area contributed by atoms with E-state index in [2.05, 4.69) is 24.1 Å². The van der Waals surface area contributed by atoms with Crippen LogP contribution in [0.25, 0.3) is 0 Å². The summed E-state index contributed by atoms with van der Waals surface area (Å²) in [6.07, 6.45) is 0. The molecule has 2 rings (SSSR count). The van der Waals surface area contributed by atoms with Gasteiger partial charge < -0.3 is 5.32 Å². The number of aromatic nitrogens is 1. The number of rotatable bonds is 9.